The number of esters is 1. The van der Waals surface area contributed by atoms with E-state index in [1.165, 1.54) is 0 Å². The second-order valence-electron chi connectivity index (χ2n) is 13.0. The first-order valence-corrected chi connectivity index (χ1v) is 17.5. The van der Waals surface area contributed by atoms with Crippen molar-refractivity contribution in [2.24, 2.45) is 5.92 Å². The summed E-state index contributed by atoms with van der Waals surface area (Å²) in [5.41, 5.74) is 6.40. The van der Waals surface area contributed by atoms with Gasteiger partial charge in [0, 0.05) is 30.6 Å². The van der Waals surface area contributed by atoms with Gasteiger partial charge < -0.3 is 35.1 Å². The van der Waals surface area contributed by atoms with Crippen LogP contribution in [-0.2, 0) is 32.2 Å². The minimum atomic E-state index is -0.659. The monoisotopic (exact) mass is 695 g/mol. The van der Waals surface area contributed by atoms with E-state index in [1.807, 2.05) is 117 Å². The van der Waals surface area contributed by atoms with Crippen molar-refractivity contribution >= 4 is 12.0 Å². The van der Waals surface area contributed by atoms with Gasteiger partial charge in [0.1, 0.15) is 6.54 Å². The van der Waals surface area contributed by atoms with E-state index in [9.17, 15) is 19.8 Å². The summed E-state index contributed by atoms with van der Waals surface area (Å²) >= 11 is 0. The predicted molar refractivity (Wildman–Crippen MR) is 195 cm³/mol. The predicted octanol–water partition coefficient (Wildman–Crippen LogP) is 6.05. The molecule has 270 valence electrons. The van der Waals surface area contributed by atoms with E-state index in [0.717, 1.165) is 38.9 Å². The Morgan fingerprint density at radius 1 is 0.882 bits per heavy atom. The quantitative estimate of drug-likeness (QED) is 0.117. The van der Waals surface area contributed by atoms with E-state index in [0.29, 0.717) is 6.54 Å². The molecule has 4 aromatic rings. The highest BCUT2D eigenvalue weighted by atomic mass is 16.7. The Kier molecular flexibility index (Phi) is 13.3. The molecule has 0 unspecified atom stereocenters. The van der Waals surface area contributed by atoms with Gasteiger partial charge in [-0.05, 0) is 54.3 Å². The van der Waals surface area contributed by atoms with Crippen molar-refractivity contribution in [3.05, 3.63) is 131 Å². The molecule has 51 heavy (non-hydrogen) atoms. The molecule has 10 nitrogen and oxygen atoms in total. The van der Waals surface area contributed by atoms with Crippen LogP contribution < -0.4 is 10.6 Å². The van der Waals surface area contributed by atoms with E-state index in [4.69, 9.17) is 14.2 Å². The molecule has 4 N–H and O–H groups in total. The van der Waals surface area contributed by atoms with Gasteiger partial charge >= 0.3 is 12.0 Å². The zero-order valence-electron chi connectivity index (χ0n) is 29.7. The first-order valence-electron chi connectivity index (χ1n) is 17.5. The van der Waals surface area contributed by atoms with Gasteiger partial charge in [-0.15, -0.1) is 0 Å². The average molecular weight is 696 g/mol. The zero-order valence-corrected chi connectivity index (χ0v) is 29.7. The number of amides is 2. The van der Waals surface area contributed by atoms with Crippen molar-refractivity contribution in [1.82, 2.24) is 15.5 Å². The van der Waals surface area contributed by atoms with Crippen LogP contribution >= 0.6 is 0 Å². The molecule has 6 atom stereocenters. The molecule has 0 spiro atoms. The lowest BCUT2D eigenvalue weighted by Crippen LogP contribution is -2.46. The molecule has 1 saturated heterocycles. The van der Waals surface area contributed by atoms with E-state index in [2.05, 4.69) is 22.5 Å². The number of likely N-dealkylation sites (N-methyl/N-ethyl adjacent to an activating group) is 1. The number of hydrogen-bond donors (Lipinski definition) is 4. The molecule has 5 rings (SSSR count). The van der Waals surface area contributed by atoms with Crippen LogP contribution in [0.15, 0.2) is 103 Å². The number of aliphatic hydroxyl groups excluding tert-OH is 2. The maximum Gasteiger partial charge on any atom is 0.325 e. The lowest BCUT2D eigenvalue weighted by Gasteiger charge is -2.43. The fraction of sp³-hybridized carbons (Fsp3) is 0.366. The minimum Gasteiger partial charge on any atom is -0.465 e. The second kappa shape index (κ2) is 18.1. The smallest absolute Gasteiger partial charge is 0.325 e. The molecule has 0 bridgehead atoms. The molecule has 1 aliphatic rings. The summed E-state index contributed by atoms with van der Waals surface area (Å²) in [6.45, 7) is 6.72. The third-order valence-electron chi connectivity index (χ3n) is 9.53. The molecular weight excluding hydrogens is 646 g/mol. The van der Waals surface area contributed by atoms with Gasteiger partial charge in [0.25, 0.3) is 0 Å². The van der Waals surface area contributed by atoms with Gasteiger partial charge in [0.2, 0.25) is 0 Å². The Bertz CT molecular complexity index is 1700. The summed E-state index contributed by atoms with van der Waals surface area (Å²) < 4.78 is 18.3. The summed E-state index contributed by atoms with van der Waals surface area (Å²) in [5.74, 6) is -0.507. The molecule has 0 saturated carbocycles. The zero-order chi connectivity index (χ0) is 36.3. The first-order chi connectivity index (χ1) is 24.7. The van der Waals surface area contributed by atoms with Crippen molar-refractivity contribution < 1.29 is 34.0 Å². The van der Waals surface area contributed by atoms with Gasteiger partial charge in [-0.1, -0.05) is 110 Å². The van der Waals surface area contributed by atoms with Crippen LogP contribution in [0.3, 0.4) is 0 Å². The van der Waals surface area contributed by atoms with Crippen molar-refractivity contribution in [1.29, 1.82) is 0 Å². The number of urea groups is 1. The lowest BCUT2D eigenvalue weighted by atomic mass is 9.89. The molecular formula is C41H49N3O7. The number of hydrogen-bond acceptors (Lipinski definition) is 8. The largest absolute Gasteiger partial charge is 0.465 e. The van der Waals surface area contributed by atoms with Crippen LogP contribution in [0.1, 0.15) is 67.1 Å². The number of rotatable bonds is 14. The molecule has 0 radical (unpaired) electrons. The Balaban J connectivity index is 1.33. The Hall–Kier alpha value is -4.58. The number of aliphatic hydroxyl groups is 2. The fourth-order valence-electron chi connectivity index (χ4n) is 6.33. The molecule has 1 aliphatic heterocycles. The van der Waals surface area contributed by atoms with E-state index in [1.54, 1.807) is 6.92 Å². The molecule has 0 aliphatic carbocycles. The molecule has 2 amide bonds. The summed E-state index contributed by atoms with van der Waals surface area (Å²) in [4.78, 5) is 26.1. The Morgan fingerprint density at radius 2 is 1.55 bits per heavy atom. The fourth-order valence-corrected chi connectivity index (χ4v) is 6.33. The van der Waals surface area contributed by atoms with E-state index >= 15 is 0 Å². The summed E-state index contributed by atoms with van der Waals surface area (Å²) in [5, 5.41) is 26.1. The van der Waals surface area contributed by atoms with Crippen molar-refractivity contribution in [3.63, 3.8) is 0 Å². The standard InChI is InChI=1S/C41H49N3O7/c1-5-49-37(46)24-43-41(48)42-23-34-13-9-10-14-35(34)30-19-21-33(22-20-30)40-50-36(25-44(4)28(3)38(47)31-11-7-6-8-12-31)27(2)39(51-40)32-17-15-29(26-45)16-18-32/h6-22,27-28,36,38-40,45,47H,5,23-26H2,1-4H3,(H2,42,43,48)/t27-,28+,36+,38+,39+,40+/m0/s1. The number of benzene rings is 4. The van der Waals surface area contributed by atoms with Gasteiger partial charge in [-0.3, -0.25) is 9.69 Å². The van der Waals surface area contributed by atoms with Crippen LogP contribution in [0.5, 0.6) is 0 Å². The number of nitrogens with one attached hydrogen (secondary N) is 2. The Labute approximate surface area is 300 Å². The highest BCUT2D eigenvalue weighted by Crippen LogP contribution is 2.42. The summed E-state index contributed by atoms with van der Waals surface area (Å²) in [7, 11) is 2.01. The third-order valence-corrected chi connectivity index (χ3v) is 9.53. The first kappa shape index (κ1) is 37.7. The van der Waals surface area contributed by atoms with Crippen molar-refractivity contribution in [2.45, 2.75) is 64.6 Å². The number of carbonyl (C=O) groups excluding carboxylic acids is 2. The maximum absolute atomic E-state index is 12.3. The topological polar surface area (TPSA) is 130 Å². The minimum absolute atomic E-state index is 0.0158. The maximum atomic E-state index is 12.3. The summed E-state index contributed by atoms with van der Waals surface area (Å²) in [6, 6.07) is 32.8. The number of carbonyl (C=O) groups is 2. The van der Waals surface area contributed by atoms with Gasteiger partial charge in [0.05, 0.1) is 31.5 Å². The van der Waals surface area contributed by atoms with Gasteiger partial charge in [-0.25, -0.2) is 4.79 Å². The highest BCUT2D eigenvalue weighted by molar-refractivity contribution is 5.81. The molecule has 4 aromatic carbocycles. The van der Waals surface area contributed by atoms with Crippen molar-refractivity contribution in [2.75, 3.05) is 26.7 Å². The van der Waals surface area contributed by atoms with E-state index < -0.39 is 24.4 Å². The summed E-state index contributed by atoms with van der Waals surface area (Å²) in [6.07, 6.45) is -1.80. The molecule has 1 heterocycles. The molecule has 10 heteroatoms. The van der Waals surface area contributed by atoms with Crippen LogP contribution in [0.2, 0.25) is 0 Å². The Morgan fingerprint density at radius 3 is 2.24 bits per heavy atom. The normalized spacial score (nSPS) is 20.0. The van der Waals surface area contributed by atoms with Crippen LogP contribution in [0.25, 0.3) is 11.1 Å². The van der Waals surface area contributed by atoms with Gasteiger partial charge in [0.15, 0.2) is 6.29 Å². The van der Waals surface area contributed by atoms with E-state index in [-0.39, 0.29) is 50.5 Å². The molecule has 1 fully saturated rings. The van der Waals surface area contributed by atoms with Crippen molar-refractivity contribution in [3.8, 4) is 11.1 Å². The average Bonchev–Trinajstić information content (AvgIpc) is 3.17. The lowest BCUT2D eigenvalue weighted by molar-refractivity contribution is -0.276. The highest BCUT2D eigenvalue weighted by Gasteiger charge is 2.39. The second-order valence-corrected chi connectivity index (χ2v) is 13.0. The van der Waals surface area contributed by atoms with Crippen LogP contribution in [-0.4, -0.2) is 66.0 Å². The number of nitrogens with zero attached hydrogens (tertiary/aromatic N) is 1. The number of ether oxygens (including phenoxy) is 3. The van der Waals surface area contributed by atoms with Crippen LogP contribution in [0, 0.1) is 5.92 Å². The van der Waals surface area contributed by atoms with Crippen LogP contribution in [0.4, 0.5) is 4.79 Å². The molecule has 0 aromatic heterocycles. The van der Waals surface area contributed by atoms with Gasteiger partial charge in [-0.2, -0.15) is 0 Å². The SMILES string of the molecule is CCOC(=O)CNC(=O)NCc1ccccc1-c1ccc([C@@H]2O[C@H](CN(C)[C@H](C)[C@@H](O)c3ccccc3)[C@H](C)[C@H](c3ccc(CO)cc3)O2)cc1. The third kappa shape index (κ3) is 9.81.